The second kappa shape index (κ2) is 65.4. The van der Waals surface area contributed by atoms with E-state index >= 15 is 0 Å². The summed E-state index contributed by atoms with van der Waals surface area (Å²) in [4.78, 5) is 38.3. The first-order valence-corrected chi connectivity index (χ1v) is 33.4. The molecule has 0 N–H and O–H groups in total. The van der Waals surface area contributed by atoms with E-state index in [4.69, 9.17) is 14.2 Å². The molecule has 0 aliphatic rings. The predicted molar refractivity (Wildman–Crippen MR) is 335 cm³/mol. The quantitative estimate of drug-likeness (QED) is 0.0261. The predicted octanol–water partition coefficient (Wildman–Crippen LogP) is 22.9. The van der Waals surface area contributed by atoms with Crippen LogP contribution in [0.15, 0.2) is 72.9 Å². The van der Waals surface area contributed by atoms with Crippen LogP contribution in [0.25, 0.3) is 0 Å². The van der Waals surface area contributed by atoms with Gasteiger partial charge < -0.3 is 14.2 Å². The first-order chi connectivity index (χ1) is 38.0. The molecule has 0 aromatic rings. The first kappa shape index (κ1) is 73.8. The lowest BCUT2D eigenvalue weighted by molar-refractivity contribution is -0.167. The molecule has 0 aliphatic carbocycles. The van der Waals surface area contributed by atoms with E-state index in [2.05, 4.69) is 93.7 Å². The van der Waals surface area contributed by atoms with Gasteiger partial charge >= 0.3 is 17.9 Å². The minimum atomic E-state index is -0.783. The second-order valence-corrected chi connectivity index (χ2v) is 22.4. The van der Waals surface area contributed by atoms with Crippen molar-refractivity contribution in [3.05, 3.63) is 72.9 Å². The highest BCUT2D eigenvalue weighted by atomic mass is 16.6. The molecule has 0 aromatic heterocycles. The summed E-state index contributed by atoms with van der Waals surface area (Å²) in [5.41, 5.74) is 0. The Morgan fingerprint density at radius 1 is 0.260 bits per heavy atom. The van der Waals surface area contributed by atoms with Crippen LogP contribution in [0.4, 0.5) is 0 Å². The smallest absolute Gasteiger partial charge is 0.306 e. The van der Waals surface area contributed by atoms with Crippen molar-refractivity contribution >= 4 is 17.9 Å². The number of ether oxygens (including phenoxy) is 3. The van der Waals surface area contributed by atoms with Crippen LogP contribution in [-0.4, -0.2) is 37.2 Å². The van der Waals surface area contributed by atoms with Gasteiger partial charge in [0.25, 0.3) is 0 Å². The number of carbonyl (C=O) groups is 3. The van der Waals surface area contributed by atoms with Crippen LogP contribution in [0.1, 0.15) is 342 Å². The molecule has 1 unspecified atom stereocenters. The first-order valence-electron chi connectivity index (χ1n) is 33.4. The molecule has 0 aromatic carbocycles. The van der Waals surface area contributed by atoms with E-state index in [0.717, 1.165) is 89.9 Å². The maximum absolute atomic E-state index is 12.9. The normalized spacial score (nSPS) is 12.5. The molecule has 0 amide bonds. The van der Waals surface area contributed by atoms with Crippen molar-refractivity contribution in [2.45, 2.75) is 348 Å². The Hall–Kier alpha value is -3.15. The molecule has 1 atom stereocenters. The molecule has 6 heteroatoms. The Labute approximate surface area is 478 Å². The molecule has 77 heavy (non-hydrogen) atoms. The van der Waals surface area contributed by atoms with Crippen LogP contribution in [0.3, 0.4) is 0 Å². The summed E-state index contributed by atoms with van der Waals surface area (Å²) in [6.45, 7) is 6.61. The molecule has 446 valence electrons. The third-order valence-corrected chi connectivity index (χ3v) is 14.7. The largest absolute Gasteiger partial charge is 0.462 e. The highest BCUT2D eigenvalue weighted by Gasteiger charge is 2.19. The summed E-state index contributed by atoms with van der Waals surface area (Å²) in [6, 6.07) is 0. The van der Waals surface area contributed by atoms with Crippen LogP contribution >= 0.6 is 0 Å². The van der Waals surface area contributed by atoms with Crippen molar-refractivity contribution in [1.82, 2.24) is 0 Å². The Balaban J connectivity index is 4.24. The van der Waals surface area contributed by atoms with Crippen molar-refractivity contribution < 1.29 is 28.6 Å². The average Bonchev–Trinajstić information content (AvgIpc) is 3.43. The van der Waals surface area contributed by atoms with Crippen LogP contribution < -0.4 is 0 Å². The molecule has 0 aliphatic heterocycles. The molecule has 0 rings (SSSR count). The lowest BCUT2D eigenvalue weighted by Crippen LogP contribution is -2.30. The van der Waals surface area contributed by atoms with Crippen LogP contribution in [0.5, 0.6) is 0 Å². The topological polar surface area (TPSA) is 78.9 Å². The van der Waals surface area contributed by atoms with E-state index < -0.39 is 6.10 Å². The average molecular weight is 1080 g/mol. The van der Waals surface area contributed by atoms with Crippen molar-refractivity contribution in [1.29, 1.82) is 0 Å². The minimum absolute atomic E-state index is 0.0795. The lowest BCUT2D eigenvalue weighted by atomic mass is 10.0. The van der Waals surface area contributed by atoms with Gasteiger partial charge in [-0.15, -0.1) is 0 Å². The SMILES string of the molecule is CCCCC/C=C\C/C=C\CCCCCCCCCC(=O)OC(COC(=O)CCCCCCC/C=C\CCCCCC)COC(=O)CCCCCCCCCCCCCCCC/C=C\C/C=C\C/C=C\CCCCCCC. The summed E-state index contributed by atoms with van der Waals surface area (Å²) in [5.74, 6) is -0.882. The van der Waals surface area contributed by atoms with Crippen molar-refractivity contribution in [2.24, 2.45) is 0 Å². The van der Waals surface area contributed by atoms with E-state index in [9.17, 15) is 14.4 Å². The zero-order valence-corrected chi connectivity index (χ0v) is 51.2. The van der Waals surface area contributed by atoms with Gasteiger partial charge in [-0.2, -0.15) is 0 Å². The molecule has 0 heterocycles. The van der Waals surface area contributed by atoms with Gasteiger partial charge in [0.2, 0.25) is 0 Å². The van der Waals surface area contributed by atoms with Crippen LogP contribution in [0, 0.1) is 0 Å². The van der Waals surface area contributed by atoms with Crippen molar-refractivity contribution in [3.8, 4) is 0 Å². The number of hydrogen-bond donors (Lipinski definition) is 0. The standard InChI is InChI=1S/C71H126O6/c1-4-7-10-13-16-19-22-25-27-29-30-31-32-33-34-35-36-37-38-39-40-42-43-46-49-52-55-58-61-64-70(73)76-67-68(66-75-69(72)63-60-57-54-51-48-45-24-21-18-15-12-9-6-3)77-71(74)65-62-59-56-53-50-47-44-41-28-26-23-20-17-14-11-8-5-2/h17,20-22,24-26,28-30,32-33,68H,4-16,18-19,23,27,31,34-67H2,1-3H3/b20-17-,24-21-,25-22-,28-26-,30-29-,33-32-. The summed E-state index contributed by atoms with van der Waals surface area (Å²) < 4.78 is 16.9. The monoisotopic (exact) mass is 1070 g/mol. The Kier molecular flexibility index (Phi) is 62.7. The molecule has 0 bridgehead atoms. The fourth-order valence-electron chi connectivity index (χ4n) is 9.59. The fraction of sp³-hybridized carbons (Fsp3) is 0.789. The van der Waals surface area contributed by atoms with E-state index in [0.29, 0.717) is 19.3 Å². The number of hydrogen-bond acceptors (Lipinski definition) is 6. The van der Waals surface area contributed by atoms with Gasteiger partial charge in [-0.05, 0) is 116 Å². The zero-order valence-electron chi connectivity index (χ0n) is 51.2. The molecule has 0 saturated heterocycles. The number of esters is 3. The van der Waals surface area contributed by atoms with Gasteiger partial charge in [-0.1, -0.05) is 280 Å². The van der Waals surface area contributed by atoms with Gasteiger partial charge in [0.15, 0.2) is 6.10 Å². The van der Waals surface area contributed by atoms with Gasteiger partial charge in [0.05, 0.1) is 0 Å². The minimum Gasteiger partial charge on any atom is -0.462 e. The third-order valence-electron chi connectivity index (χ3n) is 14.7. The van der Waals surface area contributed by atoms with Crippen molar-refractivity contribution in [3.63, 3.8) is 0 Å². The molecular weight excluding hydrogens is 949 g/mol. The van der Waals surface area contributed by atoms with Gasteiger partial charge in [0.1, 0.15) is 13.2 Å². The number of carbonyl (C=O) groups excluding carboxylic acids is 3. The van der Waals surface area contributed by atoms with Crippen LogP contribution in [0.2, 0.25) is 0 Å². The highest BCUT2D eigenvalue weighted by molar-refractivity contribution is 5.71. The lowest BCUT2D eigenvalue weighted by Gasteiger charge is -2.18. The number of unbranched alkanes of at least 4 members (excludes halogenated alkanes) is 38. The summed E-state index contributed by atoms with van der Waals surface area (Å²) >= 11 is 0. The summed E-state index contributed by atoms with van der Waals surface area (Å²) in [7, 11) is 0. The number of rotatable bonds is 61. The maximum atomic E-state index is 12.9. The molecule has 0 radical (unpaired) electrons. The fourth-order valence-corrected chi connectivity index (χ4v) is 9.59. The Morgan fingerprint density at radius 3 is 0.779 bits per heavy atom. The molecule has 0 saturated carbocycles. The van der Waals surface area contributed by atoms with E-state index in [1.807, 2.05) is 0 Å². The van der Waals surface area contributed by atoms with E-state index in [1.54, 1.807) is 0 Å². The number of allylic oxidation sites excluding steroid dienone is 12. The zero-order chi connectivity index (χ0) is 55.7. The maximum Gasteiger partial charge on any atom is 0.306 e. The molecule has 6 nitrogen and oxygen atoms in total. The highest BCUT2D eigenvalue weighted by Crippen LogP contribution is 2.17. The van der Waals surface area contributed by atoms with E-state index in [-0.39, 0.29) is 31.1 Å². The van der Waals surface area contributed by atoms with Crippen molar-refractivity contribution in [2.75, 3.05) is 13.2 Å². The summed E-state index contributed by atoms with van der Waals surface area (Å²) in [5, 5.41) is 0. The van der Waals surface area contributed by atoms with Gasteiger partial charge in [-0.25, -0.2) is 0 Å². The molecular formula is C71H126O6. The van der Waals surface area contributed by atoms with Gasteiger partial charge in [-0.3, -0.25) is 14.4 Å². The Morgan fingerprint density at radius 2 is 0.468 bits per heavy atom. The van der Waals surface area contributed by atoms with E-state index in [1.165, 1.54) is 212 Å². The van der Waals surface area contributed by atoms with Crippen LogP contribution in [-0.2, 0) is 28.6 Å². The molecule has 0 spiro atoms. The Bertz CT molecular complexity index is 1420. The molecule has 0 fully saturated rings. The van der Waals surface area contributed by atoms with Gasteiger partial charge in [0, 0.05) is 19.3 Å². The summed E-state index contributed by atoms with van der Waals surface area (Å²) in [6.07, 6.45) is 84.9. The third kappa shape index (κ3) is 63.6. The second-order valence-electron chi connectivity index (χ2n) is 22.4.